The molecule has 1 aliphatic carbocycles. The van der Waals surface area contributed by atoms with Crippen molar-refractivity contribution in [3.8, 4) is 5.75 Å². The van der Waals surface area contributed by atoms with E-state index in [0.717, 1.165) is 29.3 Å². The van der Waals surface area contributed by atoms with Gasteiger partial charge in [0.2, 0.25) is 5.91 Å². The summed E-state index contributed by atoms with van der Waals surface area (Å²) in [6.45, 7) is 3.57. The van der Waals surface area contributed by atoms with E-state index in [1.807, 2.05) is 5.38 Å². The smallest absolute Gasteiger partial charge is 0.307 e. The van der Waals surface area contributed by atoms with Gasteiger partial charge in [-0.3, -0.25) is 9.59 Å². The third kappa shape index (κ3) is 7.33. The highest BCUT2D eigenvalue weighted by Gasteiger charge is 2.27. The van der Waals surface area contributed by atoms with Gasteiger partial charge in [0, 0.05) is 23.5 Å². The second-order valence-corrected chi connectivity index (χ2v) is 8.37. The van der Waals surface area contributed by atoms with E-state index >= 15 is 0 Å². The first-order valence-corrected chi connectivity index (χ1v) is 11.0. The molecule has 29 heavy (non-hydrogen) atoms. The van der Waals surface area contributed by atoms with Crippen LogP contribution in [0.2, 0.25) is 5.02 Å². The lowest BCUT2D eigenvalue weighted by molar-refractivity contribution is -0.144. The number of amides is 1. The Bertz CT molecular complexity index is 820. The molecule has 2 aromatic rings. The van der Waals surface area contributed by atoms with Crippen molar-refractivity contribution in [1.82, 2.24) is 9.88 Å². The van der Waals surface area contributed by atoms with E-state index in [9.17, 15) is 9.59 Å². The van der Waals surface area contributed by atoms with Crippen molar-refractivity contribution in [1.29, 1.82) is 0 Å². The maximum Gasteiger partial charge on any atom is 0.307 e. The molecule has 1 aromatic heterocycles. The van der Waals surface area contributed by atoms with E-state index in [4.69, 9.17) is 21.1 Å². The minimum absolute atomic E-state index is 0.00309. The maximum absolute atomic E-state index is 12.8. The van der Waals surface area contributed by atoms with E-state index in [-0.39, 0.29) is 24.7 Å². The van der Waals surface area contributed by atoms with Gasteiger partial charge in [-0.15, -0.1) is 11.3 Å². The first-order chi connectivity index (χ1) is 14.0. The molecule has 0 unspecified atom stereocenters. The van der Waals surface area contributed by atoms with Gasteiger partial charge >= 0.3 is 5.97 Å². The van der Waals surface area contributed by atoms with Crippen molar-refractivity contribution < 1.29 is 19.1 Å². The van der Waals surface area contributed by atoms with E-state index in [2.05, 4.69) is 4.98 Å². The van der Waals surface area contributed by atoms with E-state index in [1.165, 1.54) is 11.3 Å². The number of aromatic nitrogens is 1. The fourth-order valence-electron chi connectivity index (χ4n) is 2.83. The van der Waals surface area contributed by atoms with Crippen molar-refractivity contribution in [2.75, 3.05) is 19.7 Å². The van der Waals surface area contributed by atoms with Crippen LogP contribution in [0.15, 0.2) is 29.6 Å². The number of benzene rings is 1. The standard InChI is InChI=1S/C21H25ClN2O4S/c1-2-27-21(26)9-10-24(12-15-3-4-15)20(25)11-17-14-29-19(23-17)13-28-18-7-5-16(22)6-8-18/h5-8,14-15H,2-4,9-13H2,1H3. The molecule has 0 spiro atoms. The highest BCUT2D eigenvalue weighted by molar-refractivity contribution is 7.09. The number of thiazole rings is 1. The molecule has 156 valence electrons. The molecule has 0 saturated heterocycles. The zero-order valence-corrected chi connectivity index (χ0v) is 18.0. The van der Waals surface area contributed by atoms with Crippen molar-refractivity contribution in [2.24, 2.45) is 5.92 Å². The molecule has 1 aromatic carbocycles. The molecule has 0 bridgehead atoms. The summed E-state index contributed by atoms with van der Waals surface area (Å²) in [6.07, 6.45) is 2.74. The van der Waals surface area contributed by atoms with E-state index < -0.39 is 0 Å². The minimum Gasteiger partial charge on any atom is -0.486 e. The van der Waals surface area contributed by atoms with Gasteiger partial charge in [0.1, 0.15) is 17.4 Å². The molecule has 0 aliphatic heterocycles. The average Bonchev–Trinajstić information content (AvgIpc) is 3.42. The Hall–Kier alpha value is -2.12. The quantitative estimate of drug-likeness (QED) is 0.496. The van der Waals surface area contributed by atoms with Crippen LogP contribution in [0, 0.1) is 5.92 Å². The predicted molar refractivity (Wildman–Crippen MR) is 112 cm³/mol. The Labute approximate surface area is 179 Å². The van der Waals surface area contributed by atoms with E-state index in [0.29, 0.717) is 37.2 Å². The van der Waals surface area contributed by atoms with Crippen LogP contribution < -0.4 is 4.74 Å². The monoisotopic (exact) mass is 436 g/mol. The summed E-state index contributed by atoms with van der Waals surface area (Å²) < 4.78 is 10.7. The molecule has 0 radical (unpaired) electrons. The average molecular weight is 437 g/mol. The molecule has 8 heteroatoms. The fourth-order valence-corrected chi connectivity index (χ4v) is 3.66. The summed E-state index contributed by atoms with van der Waals surface area (Å²) in [4.78, 5) is 30.7. The predicted octanol–water partition coefficient (Wildman–Crippen LogP) is 4.11. The lowest BCUT2D eigenvalue weighted by Gasteiger charge is -2.22. The summed E-state index contributed by atoms with van der Waals surface area (Å²) >= 11 is 7.34. The molecular formula is C21H25ClN2O4S. The van der Waals surface area contributed by atoms with Gasteiger partial charge in [0.05, 0.1) is 25.1 Å². The van der Waals surface area contributed by atoms with Crippen LogP contribution in [0.4, 0.5) is 0 Å². The normalized spacial score (nSPS) is 13.2. The second-order valence-electron chi connectivity index (χ2n) is 6.99. The Morgan fingerprint density at radius 2 is 2.03 bits per heavy atom. The third-order valence-electron chi connectivity index (χ3n) is 4.53. The molecule has 0 atom stereocenters. The SMILES string of the molecule is CCOC(=O)CCN(CC1CC1)C(=O)Cc1csc(COc2ccc(Cl)cc2)n1. The lowest BCUT2D eigenvalue weighted by atomic mass is 10.2. The van der Waals surface area contributed by atoms with Crippen LogP contribution in [-0.4, -0.2) is 41.5 Å². The largest absolute Gasteiger partial charge is 0.486 e. The van der Waals surface area contributed by atoms with Gasteiger partial charge < -0.3 is 14.4 Å². The molecule has 6 nitrogen and oxygen atoms in total. The summed E-state index contributed by atoms with van der Waals surface area (Å²) in [5.74, 6) is 1.00. The zero-order valence-electron chi connectivity index (χ0n) is 16.4. The van der Waals surface area contributed by atoms with Crippen LogP contribution in [0.25, 0.3) is 0 Å². The molecule has 1 heterocycles. The Morgan fingerprint density at radius 3 is 2.72 bits per heavy atom. The molecule has 1 amide bonds. The summed E-state index contributed by atoms with van der Waals surface area (Å²) in [5, 5.41) is 3.35. The second kappa shape index (κ2) is 10.6. The first-order valence-electron chi connectivity index (χ1n) is 9.78. The van der Waals surface area contributed by atoms with Gasteiger partial charge in [0.25, 0.3) is 0 Å². The Kier molecular flexibility index (Phi) is 7.89. The maximum atomic E-state index is 12.8. The Morgan fingerprint density at radius 1 is 1.28 bits per heavy atom. The Balaban J connectivity index is 1.50. The van der Waals surface area contributed by atoms with Crippen molar-refractivity contribution in [3.05, 3.63) is 45.4 Å². The van der Waals surface area contributed by atoms with Gasteiger partial charge in [-0.25, -0.2) is 4.98 Å². The number of carbonyl (C=O) groups is 2. The highest BCUT2D eigenvalue weighted by Crippen LogP contribution is 2.30. The van der Waals surface area contributed by atoms with E-state index in [1.54, 1.807) is 36.1 Å². The molecule has 1 aliphatic rings. The molecule has 1 fully saturated rings. The molecule has 1 saturated carbocycles. The number of esters is 1. The number of rotatable bonds is 11. The molecule has 3 rings (SSSR count). The minimum atomic E-state index is -0.267. The number of ether oxygens (including phenoxy) is 2. The van der Waals surface area contributed by atoms with Crippen LogP contribution in [0.3, 0.4) is 0 Å². The van der Waals surface area contributed by atoms with Gasteiger partial charge in [-0.2, -0.15) is 0 Å². The van der Waals surface area contributed by atoms with Gasteiger partial charge in [-0.1, -0.05) is 11.6 Å². The summed E-state index contributed by atoms with van der Waals surface area (Å²) in [5.41, 5.74) is 0.728. The molecular weight excluding hydrogens is 412 g/mol. The number of halogens is 1. The van der Waals surface area contributed by atoms with Crippen LogP contribution in [0.5, 0.6) is 5.75 Å². The topological polar surface area (TPSA) is 68.7 Å². The molecule has 0 N–H and O–H groups in total. The third-order valence-corrected chi connectivity index (χ3v) is 5.65. The highest BCUT2D eigenvalue weighted by atomic mass is 35.5. The number of carbonyl (C=O) groups excluding carboxylic acids is 2. The lowest BCUT2D eigenvalue weighted by Crippen LogP contribution is -2.36. The zero-order chi connectivity index (χ0) is 20.6. The van der Waals surface area contributed by atoms with Gasteiger partial charge in [0.15, 0.2) is 0 Å². The summed E-state index contributed by atoms with van der Waals surface area (Å²) in [7, 11) is 0. The first kappa shape index (κ1) is 21.6. The number of hydrogen-bond donors (Lipinski definition) is 0. The fraction of sp³-hybridized carbons (Fsp3) is 0.476. The van der Waals surface area contributed by atoms with Crippen molar-refractivity contribution in [3.63, 3.8) is 0 Å². The van der Waals surface area contributed by atoms with Crippen molar-refractivity contribution >= 4 is 34.8 Å². The number of hydrogen-bond acceptors (Lipinski definition) is 6. The van der Waals surface area contributed by atoms with Crippen molar-refractivity contribution in [2.45, 2.75) is 39.2 Å². The van der Waals surface area contributed by atoms with Gasteiger partial charge in [-0.05, 0) is 49.9 Å². The van der Waals surface area contributed by atoms with Crippen LogP contribution in [0.1, 0.15) is 36.9 Å². The number of nitrogens with zero attached hydrogens (tertiary/aromatic N) is 2. The summed E-state index contributed by atoms with van der Waals surface area (Å²) in [6, 6.07) is 7.15. The van der Waals surface area contributed by atoms with Crippen LogP contribution in [-0.2, 0) is 27.4 Å². The van der Waals surface area contributed by atoms with Crippen LogP contribution >= 0.6 is 22.9 Å².